The second kappa shape index (κ2) is 14.7. The number of hydrogen-bond acceptors (Lipinski definition) is 7. The molecule has 2 aliphatic heterocycles. The molecule has 0 radical (unpaired) electrons. The molecule has 2 aliphatic rings. The molecule has 0 amide bonds. The third-order valence-electron chi connectivity index (χ3n) is 7.98. The smallest absolute Gasteiger partial charge is 0.416 e. The minimum atomic E-state index is -4.44. The lowest BCUT2D eigenvalue weighted by molar-refractivity contribution is -0.149. The van der Waals surface area contributed by atoms with Crippen LogP contribution in [0.1, 0.15) is 18.9 Å². The number of esters is 1. The van der Waals surface area contributed by atoms with Crippen molar-refractivity contribution in [3.05, 3.63) is 77.1 Å². The fraction of sp³-hybridized carbons (Fsp3) is 0.406. The summed E-state index contributed by atoms with van der Waals surface area (Å²) in [4.78, 5) is 20.4. The summed E-state index contributed by atoms with van der Waals surface area (Å²) in [6.07, 6.45) is -3.72. The summed E-state index contributed by atoms with van der Waals surface area (Å²) in [7, 11) is 0. The summed E-state index contributed by atoms with van der Waals surface area (Å²) in [5.41, 5.74) is 0.735. The van der Waals surface area contributed by atoms with E-state index in [1.165, 1.54) is 30.8 Å². The average molecular weight is 690 g/mol. The van der Waals surface area contributed by atoms with Crippen molar-refractivity contribution in [3.63, 3.8) is 0 Å². The number of halogens is 8. The highest BCUT2D eigenvalue weighted by atomic mass is 32.2. The molecule has 5 rings (SSSR count). The second-order valence-electron chi connectivity index (χ2n) is 11.2. The lowest BCUT2D eigenvalue weighted by atomic mass is 10.1. The number of alkyl halides is 3. The van der Waals surface area contributed by atoms with E-state index < -0.39 is 65.1 Å². The maximum Gasteiger partial charge on any atom is 0.416 e. The van der Waals surface area contributed by atoms with E-state index in [0.717, 1.165) is 47.6 Å². The molecule has 15 heteroatoms. The van der Waals surface area contributed by atoms with Crippen molar-refractivity contribution in [3.8, 4) is 5.75 Å². The largest absolute Gasteiger partial charge is 0.487 e. The Labute approximate surface area is 270 Å². The Morgan fingerprint density at radius 1 is 0.809 bits per heavy atom. The summed E-state index contributed by atoms with van der Waals surface area (Å²) in [5.74, 6) is -14.1. The topological polar surface area (TPSA) is 45.3 Å². The maximum absolute atomic E-state index is 13.8. The van der Waals surface area contributed by atoms with Gasteiger partial charge in [-0.05, 0) is 50.2 Å². The van der Waals surface area contributed by atoms with E-state index >= 15 is 0 Å². The van der Waals surface area contributed by atoms with Crippen molar-refractivity contribution in [1.82, 2.24) is 9.80 Å². The van der Waals surface area contributed by atoms with Crippen molar-refractivity contribution in [2.45, 2.75) is 29.3 Å². The Morgan fingerprint density at radius 3 is 2.06 bits per heavy atom. The molecule has 1 atom stereocenters. The van der Waals surface area contributed by atoms with E-state index in [2.05, 4.69) is 9.80 Å². The molecule has 47 heavy (non-hydrogen) atoms. The van der Waals surface area contributed by atoms with Crippen LogP contribution in [0.2, 0.25) is 0 Å². The zero-order chi connectivity index (χ0) is 33.9. The van der Waals surface area contributed by atoms with Gasteiger partial charge in [0.05, 0.1) is 22.9 Å². The standard InChI is InChI=1S/C32H31F8N3O3S/c1-19(18-46-30-28(36)26(34)25(33)27(35)29(30)37)31(44)45-16-15-42-13-11-41(12-14-42)9-4-10-43-21-5-2-3-6-23(21)47-24-8-7-20(17-22(24)43)32(38,39)40/h2-3,5-8,17,19H,4,9-16,18H2,1H3. The highest BCUT2D eigenvalue weighted by Crippen LogP contribution is 2.49. The van der Waals surface area contributed by atoms with E-state index in [1.54, 1.807) is 0 Å². The SMILES string of the molecule is CC(COc1c(F)c(F)c(F)c(F)c1F)C(=O)OCCN1CCN(CCCN2c3ccccc3Sc3ccc(C(F)(F)F)cc32)CC1. The van der Waals surface area contributed by atoms with Crippen LogP contribution in [0.4, 0.5) is 46.5 Å². The van der Waals surface area contributed by atoms with E-state index in [1.807, 2.05) is 29.2 Å². The van der Waals surface area contributed by atoms with E-state index in [0.29, 0.717) is 31.9 Å². The summed E-state index contributed by atoms with van der Waals surface area (Å²) in [6.45, 7) is 5.26. The third-order valence-corrected chi connectivity index (χ3v) is 9.11. The number of fused-ring (bicyclic) bond motifs is 2. The van der Waals surface area contributed by atoms with Gasteiger partial charge in [-0.3, -0.25) is 9.69 Å². The van der Waals surface area contributed by atoms with Crippen LogP contribution in [-0.2, 0) is 15.7 Å². The van der Waals surface area contributed by atoms with Gasteiger partial charge in [-0.25, -0.2) is 13.2 Å². The molecule has 1 saturated heterocycles. The van der Waals surface area contributed by atoms with E-state index in [4.69, 9.17) is 9.47 Å². The molecule has 1 fully saturated rings. The first-order valence-electron chi connectivity index (χ1n) is 14.9. The van der Waals surface area contributed by atoms with Crippen LogP contribution in [0.15, 0.2) is 52.3 Å². The summed E-state index contributed by atoms with van der Waals surface area (Å²) >= 11 is 1.45. The van der Waals surface area contributed by atoms with Crippen LogP contribution >= 0.6 is 11.8 Å². The van der Waals surface area contributed by atoms with Gasteiger partial charge in [0, 0.05) is 49.1 Å². The molecule has 1 unspecified atom stereocenters. The van der Waals surface area contributed by atoms with E-state index in [9.17, 15) is 39.9 Å². The zero-order valence-corrected chi connectivity index (χ0v) is 26.0. The van der Waals surface area contributed by atoms with Crippen LogP contribution < -0.4 is 9.64 Å². The molecule has 0 N–H and O–H groups in total. The molecule has 3 aromatic rings. The minimum Gasteiger partial charge on any atom is -0.487 e. The highest BCUT2D eigenvalue weighted by Gasteiger charge is 2.33. The Morgan fingerprint density at radius 2 is 1.40 bits per heavy atom. The molecule has 0 spiro atoms. The first kappa shape index (κ1) is 34.8. The number of carbonyl (C=O) groups is 1. The summed E-state index contributed by atoms with van der Waals surface area (Å²) < 4.78 is 118. The van der Waals surface area contributed by atoms with Gasteiger partial charge < -0.3 is 19.3 Å². The number of benzene rings is 3. The number of para-hydroxylation sites is 1. The van der Waals surface area contributed by atoms with Gasteiger partial charge in [0.2, 0.25) is 29.1 Å². The summed E-state index contributed by atoms with van der Waals surface area (Å²) in [5, 5.41) is 0. The molecule has 6 nitrogen and oxygen atoms in total. The lowest BCUT2D eigenvalue weighted by Crippen LogP contribution is -2.47. The van der Waals surface area contributed by atoms with Gasteiger partial charge in [0.25, 0.3) is 0 Å². The Bertz CT molecular complexity index is 1570. The summed E-state index contributed by atoms with van der Waals surface area (Å²) in [6, 6.07) is 11.5. The number of piperazine rings is 1. The maximum atomic E-state index is 13.8. The van der Waals surface area contributed by atoms with Crippen LogP contribution in [0.25, 0.3) is 0 Å². The quantitative estimate of drug-likeness (QED) is 0.0909. The molecule has 254 valence electrons. The predicted octanol–water partition coefficient (Wildman–Crippen LogP) is 7.27. The van der Waals surface area contributed by atoms with Crippen LogP contribution in [0, 0.1) is 35.0 Å². The van der Waals surface area contributed by atoms with Gasteiger partial charge >= 0.3 is 12.1 Å². The fourth-order valence-electron chi connectivity index (χ4n) is 5.34. The van der Waals surface area contributed by atoms with Crippen LogP contribution in [0.5, 0.6) is 5.75 Å². The Kier molecular flexibility index (Phi) is 10.9. The average Bonchev–Trinajstić information content (AvgIpc) is 3.06. The third kappa shape index (κ3) is 7.95. The number of ether oxygens (including phenoxy) is 2. The Balaban J connectivity index is 1.05. The molecule has 2 heterocycles. The number of anilines is 2. The van der Waals surface area contributed by atoms with Gasteiger partial charge in [-0.1, -0.05) is 23.9 Å². The van der Waals surface area contributed by atoms with Crippen molar-refractivity contribution in [2.24, 2.45) is 5.92 Å². The molecular formula is C32H31F8N3O3S. The fourth-order valence-corrected chi connectivity index (χ4v) is 6.42. The monoisotopic (exact) mass is 689 g/mol. The van der Waals surface area contributed by atoms with Crippen molar-refractivity contribution >= 4 is 29.1 Å². The van der Waals surface area contributed by atoms with Crippen molar-refractivity contribution in [1.29, 1.82) is 0 Å². The number of nitrogens with zero attached hydrogens (tertiary/aromatic N) is 3. The normalized spacial score (nSPS) is 16.1. The number of rotatable bonds is 11. The number of carbonyl (C=O) groups excluding carboxylic acids is 1. The van der Waals surface area contributed by atoms with Crippen LogP contribution in [0.3, 0.4) is 0 Å². The Hall–Kier alpha value is -3.56. The molecule has 3 aromatic carbocycles. The zero-order valence-electron chi connectivity index (χ0n) is 25.2. The highest BCUT2D eigenvalue weighted by molar-refractivity contribution is 7.99. The van der Waals surface area contributed by atoms with Gasteiger partial charge in [-0.15, -0.1) is 0 Å². The van der Waals surface area contributed by atoms with Gasteiger partial charge in [0.1, 0.15) is 13.2 Å². The molecular weight excluding hydrogens is 658 g/mol. The van der Waals surface area contributed by atoms with Gasteiger partial charge in [-0.2, -0.15) is 22.0 Å². The van der Waals surface area contributed by atoms with Gasteiger partial charge in [0.15, 0.2) is 5.75 Å². The molecule has 0 aromatic heterocycles. The second-order valence-corrected chi connectivity index (χ2v) is 12.3. The predicted molar refractivity (Wildman–Crippen MR) is 158 cm³/mol. The molecule has 0 saturated carbocycles. The lowest BCUT2D eigenvalue weighted by Gasteiger charge is -2.36. The minimum absolute atomic E-state index is 0.0252. The van der Waals surface area contributed by atoms with Crippen molar-refractivity contribution in [2.75, 3.05) is 63.9 Å². The van der Waals surface area contributed by atoms with Crippen molar-refractivity contribution < 1.29 is 49.4 Å². The first-order valence-corrected chi connectivity index (χ1v) is 15.7. The number of hydrogen-bond donors (Lipinski definition) is 0. The molecule has 0 bridgehead atoms. The van der Waals surface area contributed by atoms with E-state index in [-0.39, 0.29) is 6.61 Å². The van der Waals surface area contributed by atoms with Crippen LogP contribution in [-0.4, -0.2) is 74.8 Å². The molecule has 0 aliphatic carbocycles. The first-order chi connectivity index (χ1) is 22.3.